The molecule has 0 aliphatic carbocycles. The van der Waals surface area contributed by atoms with E-state index in [0.29, 0.717) is 44.2 Å². The molecule has 6 nitrogen and oxygen atoms in total. The van der Waals surface area contributed by atoms with Crippen LogP contribution in [0, 0.1) is 54.4 Å². The molecule has 0 radical (unpaired) electrons. The van der Waals surface area contributed by atoms with Gasteiger partial charge in [0.15, 0.2) is 5.69 Å². The fourth-order valence-corrected chi connectivity index (χ4v) is 7.12. The van der Waals surface area contributed by atoms with Gasteiger partial charge in [-0.25, -0.2) is 4.85 Å². The second-order valence-corrected chi connectivity index (χ2v) is 11.2. The number of fused-ring (bicyclic) bond motifs is 8. The molecule has 0 bridgehead atoms. The minimum absolute atomic E-state index is 0.335. The minimum Gasteiger partial charge on any atom is -0.374 e. The Hall–Kier alpha value is -6.28. The van der Waals surface area contributed by atoms with Gasteiger partial charge in [-0.15, -0.1) is 0 Å². The second-order valence-electron chi connectivity index (χ2n) is 11.2. The third-order valence-corrected chi connectivity index (χ3v) is 8.69. The molecule has 7 aromatic rings. The monoisotopic (exact) mass is 546 g/mol. The molecule has 0 amide bonds. The Bertz CT molecular complexity index is 2500. The van der Waals surface area contributed by atoms with Gasteiger partial charge in [-0.3, -0.25) is 0 Å². The molecule has 1 aliphatic heterocycles. The van der Waals surface area contributed by atoms with Crippen molar-refractivity contribution in [3.05, 3.63) is 118 Å². The molecule has 1 aliphatic rings. The highest BCUT2D eigenvalue weighted by atomic mass is 15.0. The van der Waals surface area contributed by atoms with E-state index in [4.69, 9.17) is 6.57 Å². The molecule has 8 rings (SSSR count). The third kappa shape index (κ3) is 3.14. The van der Waals surface area contributed by atoms with Crippen LogP contribution in [0.15, 0.2) is 78.9 Å². The van der Waals surface area contributed by atoms with Crippen molar-refractivity contribution in [1.29, 1.82) is 15.8 Å². The number of para-hydroxylation sites is 1. The van der Waals surface area contributed by atoms with Gasteiger partial charge in [0.1, 0.15) is 6.07 Å². The van der Waals surface area contributed by atoms with Crippen LogP contribution < -0.4 is 10.9 Å². The summed E-state index contributed by atoms with van der Waals surface area (Å²) in [5, 5.41) is 34.3. The van der Waals surface area contributed by atoms with E-state index < -0.39 is 0 Å². The predicted octanol–water partition coefficient (Wildman–Crippen LogP) is 6.64. The highest BCUT2D eigenvalue weighted by Gasteiger charge is 2.37. The normalized spacial score (nSPS) is 11.8. The summed E-state index contributed by atoms with van der Waals surface area (Å²) >= 11 is 0. The van der Waals surface area contributed by atoms with Gasteiger partial charge in [-0.05, 0) is 78.7 Å². The molecule has 5 aromatic carbocycles. The first-order valence-corrected chi connectivity index (χ1v) is 13.9. The molecule has 0 N–H and O–H groups in total. The van der Waals surface area contributed by atoms with Crippen molar-refractivity contribution >= 4 is 67.1 Å². The number of nitrogens with zero attached hydrogens (tertiary/aromatic N) is 6. The lowest BCUT2D eigenvalue weighted by Gasteiger charge is -2.29. The average Bonchev–Trinajstić information content (AvgIpc) is 3.53. The number of aryl methyl sites for hydroxylation is 2. The van der Waals surface area contributed by atoms with E-state index in [1.165, 1.54) is 10.9 Å². The smallest absolute Gasteiger partial charge is 0.332 e. The quantitative estimate of drug-likeness (QED) is 0.171. The van der Waals surface area contributed by atoms with E-state index in [0.717, 1.165) is 38.6 Å². The standard InChI is InChI=1S/C36H19BN6/c1-20-8-9-32-26(10-20)27-11-21(2)12-31-36(27)42(32)33-7-5-4-6-30(33)37(31)43-34-23(18-39)13-22(17-38)14-28(34)29-16-25(41-3)15-24(19-40)35(29)43/h4-16H,1-2H3. The fraction of sp³-hybridized carbons (Fsp3) is 0.0556. The van der Waals surface area contributed by atoms with Crippen molar-refractivity contribution in [2.75, 3.05) is 0 Å². The van der Waals surface area contributed by atoms with Crippen LogP contribution in [0.3, 0.4) is 0 Å². The molecule has 0 spiro atoms. The van der Waals surface area contributed by atoms with Crippen LogP contribution in [-0.4, -0.2) is 15.9 Å². The summed E-state index contributed by atoms with van der Waals surface area (Å²) in [5.41, 5.74) is 10.3. The lowest BCUT2D eigenvalue weighted by atomic mass is 9.48. The highest BCUT2D eigenvalue weighted by molar-refractivity contribution is 6.88. The van der Waals surface area contributed by atoms with Crippen LogP contribution in [0.25, 0.3) is 54.1 Å². The van der Waals surface area contributed by atoms with Crippen molar-refractivity contribution in [3.8, 4) is 23.9 Å². The van der Waals surface area contributed by atoms with Gasteiger partial charge in [-0.1, -0.05) is 41.5 Å². The molecule has 0 atom stereocenters. The molecule has 3 heterocycles. The zero-order valence-corrected chi connectivity index (χ0v) is 23.3. The van der Waals surface area contributed by atoms with Crippen LogP contribution in [0.1, 0.15) is 27.8 Å². The molecule has 0 unspecified atom stereocenters. The topological polar surface area (TPSA) is 85.6 Å². The Balaban J connectivity index is 1.65. The van der Waals surface area contributed by atoms with Crippen LogP contribution in [0.5, 0.6) is 0 Å². The van der Waals surface area contributed by atoms with Crippen LogP contribution in [0.4, 0.5) is 5.69 Å². The molecular weight excluding hydrogens is 527 g/mol. The fourth-order valence-electron chi connectivity index (χ4n) is 7.12. The Morgan fingerprint density at radius 3 is 2.12 bits per heavy atom. The van der Waals surface area contributed by atoms with Gasteiger partial charge in [0.25, 0.3) is 0 Å². The number of benzene rings is 5. The predicted molar refractivity (Wildman–Crippen MR) is 171 cm³/mol. The first-order chi connectivity index (χ1) is 21.0. The summed E-state index contributed by atoms with van der Waals surface area (Å²) in [6, 6.07) is 32.9. The van der Waals surface area contributed by atoms with E-state index in [9.17, 15) is 15.8 Å². The van der Waals surface area contributed by atoms with Crippen LogP contribution in [0.2, 0.25) is 0 Å². The Kier molecular flexibility index (Phi) is 4.91. The molecule has 2 aromatic heterocycles. The number of hydrogen-bond donors (Lipinski definition) is 0. The molecule has 196 valence electrons. The SMILES string of the molecule is [C-]#[N+]c1cc(C#N)c2c(c1)c1cc(C#N)cc(C#N)c1n2B1c2ccccc2-n2c3ccc(C)cc3c3cc(C)cc1c32. The van der Waals surface area contributed by atoms with Crippen LogP contribution in [-0.2, 0) is 0 Å². The molecule has 0 saturated carbocycles. The maximum absolute atomic E-state index is 10.4. The summed E-state index contributed by atoms with van der Waals surface area (Å²) in [7, 11) is 0. The average molecular weight is 546 g/mol. The Morgan fingerprint density at radius 1 is 0.674 bits per heavy atom. The lowest BCUT2D eigenvalue weighted by Crippen LogP contribution is -2.53. The summed E-state index contributed by atoms with van der Waals surface area (Å²) < 4.78 is 4.44. The third-order valence-electron chi connectivity index (χ3n) is 8.69. The van der Waals surface area contributed by atoms with E-state index >= 15 is 0 Å². The molecule has 0 fully saturated rings. The summed E-state index contributed by atoms with van der Waals surface area (Å²) in [5.74, 6) is 0. The first kappa shape index (κ1) is 24.5. The summed E-state index contributed by atoms with van der Waals surface area (Å²) in [4.78, 5) is 3.64. The zero-order chi connectivity index (χ0) is 29.6. The number of rotatable bonds is 1. The maximum Gasteiger partial charge on any atom is 0.332 e. The zero-order valence-electron chi connectivity index (χ0n) is 23.3. The highest BCUT2D eigenvalue weighted by Crippen LogP contribution is 2.40. The maximum atomic E-state index is 10.4. The van der Waals surface area contributed by atoms with Gasteiger partial charge in [0.05, 0.1) is 57.5 Å². The van der Waals surface area contributed by atoms with Crippen molar-refractivity contribution < 1.29 is 0 Å². The summed E-state index contributed by atoms with van der Waals surface area (Å²) in [6.07, 6.45) is 0. The Morgan fingerprint density at radius 2 is 1.37 bits per heavy atom. The Labute approximate surface area is 247 Å². The van der Waals surface area contributed by atoms with Gasteiger partial charge in [-0.2, -0.15) is 15.8 Å². The molecule has 7 heteroatoms. The van der Waals surface area contributed by atoms with E-state index in [2.05, 4.69) is 88.4 Å². The molecule has 43 heavy (non-hydrogen) atoms. The number of hydrogen-bond acceptors (Lipinski definition) is 3. The second kappa shape index (κ2) is 8.61. The van der Waals surface area contributed by atoms with Gasteiger partial charge in [0.2, 0.25) is 0 Å². The largest absolute Gasteiger partial charge is 0.374 e. The van der Waals surface area contributed by atoms with Gasteiger partial charge < -0.3 is 9.05 Å². The van der Waals surface area contributed by atoms with E-state index in [1.807, 2.05) is 12.1 Å². The first-order valence-electron chi connectivity index (χ1n) is 13.9. The van der Waals surface area contributed by atoms with Gasteiger partial charge in [0, 0.05) is 21.8 Å². The minimum atomic E-state index is -0.387. The van der Waals surface area contributed by atoms with E-state index in [1.54, 1.807) is 24.3 Å². The molecule has 0 saturated heterocycles. The number of aromatic nitrogens is 2. The number of nitriles is 3. The van der Waals surface area contributed by atoms with Crippen molar-refractivity contribution in [2.24, 2.45) is 0 Å². The van der Waals surface area contributed by atoms with Crippen molar-refractivity contribution in [3.63, 3.8) is 0 Å². The van der Waals surface area contributed by atoms with Crippen molar-refractivity contribution in [1.82, 2.24) is 9.05 Å². The van der Waals surface area contributed by atoms with Crippen molar-refractivity contribution in [2.45, 2.75) is 13.8 Å². The van der Waals surface area contributed by atoms with Crippen LogP contribution >= 0.6 is 0 Å². The van der Waals surface area contributed by atoms with Gasteiger partial charge >= 0.3 is 6.85 Å². The summed E-state index contributed by atoms with van der Waals surface area (Å²) in [6.45, 7) is 11.5. The van der Waals surface area contributed by atoms with E-state index in [-0.39, 0.29) is 6.85 Å². The lowest BCUT2D eigenvalue weighted by molar-refractivity contribution is 1.17. The molecular formula is C36H19BN6.